The number of aryl methyl sites for hydroxylation is 1. The van der Waals surface area contributed by atoms with E-state index in [0.717, 1.165) is 36.3 Å². The number of aliphatic hydroxyl groups excluding tert-OH is 1. The maximum Gasteiger partial charge on any atom is 0.270 e. The van der Waals surface area contributed by atoms with Gasteiger partial charge in [-0.2, -0.15) is 10.4 Å². The van der Waals surface area contributed by atoms with Gasteiger partial charge in [0.2, 0.25) is 0 Å². The van der Waals surface area contributed by atoms with Crippen LogP contribution < -0.4 is 4.90 Å². The number of nitrogens with zero attached hydrogens (tertiary/aromatic N) is 7. The van der Waals surface area contributed by atoms with E-state index in [-0.39, 0.29) is 23.4 Å². The number of aliphatic imine (C=N–C) groups is 1. The van der Waals surface area contributed by atoms with Crippen molar-refractivity contribution in [3.63, 3.8) is 0 Å². The fourth-order valence-electron chi connectivity index (χ4n) is 4.74. The molecule has 11 heteroatoms. The van der Waals surface area contributed by atoms with Gasteiger partial charge in [-0.25, -0.2) is 9.50 Å². The van der Waals surface area contributed by atoms with Crippen LogP contribution in [0.25, 0.3) is 5.65 Å². The van der Waals surface area contributed by atoms with Crippen molar-refractivity contribution in [1.82, 2.24) is 19.5 Å². The molecule has 4 atom stereocenters. The van der Waals surface area contributed by atoms with Gasteiger partial charge in [-0.3, -0.25) is 9.79 Å². The molecule has 0 aromatic carbocycles. The monoisotopic (exact) mass is 484 g/mol. The third-order valence-corrected chi connectivity index (χ3v) is 7.10. The van der Waals surface area contributed by atoms with E-state index in [9.17, 15) is 15.2 Å². The minimum Gasteiger partial charge on any atom is -0.390 e. The highest BCUT2D eigenvalue weighted by Gasteiger charge is 2.36. The van der Waals surface area contributed by atoms with E-state index < -0.39 is 17.4 Å². The average molecular weight is 485 g/mol. The summed E-state index contributed by atoms with van der Waals surface area (Å²) in [6.45, 7) is 4.85. The summed E-state index contributed by atoms with van der Waals surface area (Å²) in [5, 5.41) is 31.1. The number of β-amino-alcohol motifs (C(OH)–C–C–N with tert-alkyl or cyclic N) is 1. The number of anilines is 1. The Morgan fingerprint density at radius 1 is 1.41 bits per heavy atom. The fourth-order valence-corrected chi connectivity index (χ4v) is 4.93. The molecule has 0 aliphatic carbocycles. The smallest absolute Gasteiger partial charge is 0.270 e. The van der Waals surface area contributed by atoms with Crippen LogP contribution in [0.5, 0.6) is 0 Å². The predicted molar refractivity (Wildman–Crippen MR) is 130 cm³/mol. The first-order chi connectivity index (χ1) is 16.2. The number of piperidine rings is 1. The molecule has 180 valence electrons. The Labute approximate surface area is 203 Å². The third kappa shape index (κ3) is 4.38. The quantitative estimate of drug-likeness (QED) is 0.493. The van der Waals surface area contributed by atoms with Crippen LogP contribution in [0.15, 0.2) is 17.3 Å². The largest absolute Gasteiger partial charge is 0.390 e. The zero-order valence-electron chi connectivity index (χ0n) is 19.6. The lowest BCUT2D eigenvalue weighted by molar-refractivity contribution is -0.127. The number of carbonyl (C=O) groups excluding carboxylic acids is 1. The van der Waals surface area contributed by atoms with Gasteiger partial charge < -0.3 is 20.3 Å². The van der Waals surface area contributed by atoms with E-state index >= 15 is 0 Å². The lowest BCUT2D eigenvalue weighted by Crippen LogP contribution is -2.46. The van der Waals surface area contributed by atoms with Crippen molar-refractivity contribution in [2.75, 3.05) is 31.6 Å². The molecule has 10 nitrogen and oxygen atoms in total. The van der Waals surface area contributed by atoms with E-state index in [1.807, 2.05) is 24.1 Å². The molecule has 0 radical (unpaired) electrons. The van der Waals surface area contributed by atoms with Crippen LogP contribution in [0, 0.1) is 29.6 Å². The van der Waals surface area contributed by atoms with Crippen LogP contribution in [0.1, 0.15) is 43.5 Å². The van der Waals surface area contributed by atoms with E-state index in [4.69, 9.17) is 27.1 Å². The van der Waals surface area contributed by atoms with E-state index in [1.54, 1.807) is 16.3 Å². The lowest BCUT2D eigenvalue weighted by Gasteiger charge is -2.35. The molecular weight excluding hydrogens is 456 g/mol. The SMILES string of the molecule is CN=C(C(=O)N1CCCCC1c1cc2nc(N3CC(O)C(C#N)C3)c(C)cn2n1)C(Cl)C(C)=N. The van der Waals surface area contributed by atoms with Crippen molar-refractivity contribution in [3.8, 4) is 6.07 Å². The summed E-state index contributed by atoms with van der Waals surface area (Å²) in [5.41, 5.74) is 2.60. The fraction of sp³-hybridized carbons (Fsp3) is 0.565. The zero-order chi connectivity index (χ0) is 24.6. The van der Waals surface area contributed by atoms with Crippen molar-refractivity contribution in [3.05, 3.63) is 23.5 Å². The number of fused-ring (bicyclic) bond motifs is 1. The highest BCUT2D eigenvalue weighted by atomic mass is 35.5. The number of amides is 1. The van der Waals surface area contributed by atoms with Crippen LogP contribution in [0.3, 0.4) is 0 Å². The normalized spacial score (nSPS) is 24.4. The lowest BCUT2D eigenvalue weighted by atomic mass is 9.98. The molecule has 0 saturated carbocycles. The van der Waals surface area contributed by atoms with E-state index in [1.165, 1.54) is 7.05 Å². The molecule has 4 unspecified atom stereocenters. The number of hydrogen-bond donors (Lipinski definition) is 2. The second kappa shape index (κ2) is 9.68. The summed E-state index contributed by atoms with van der Waals surface area (Å²) < 4.78 is 1.71. The summed E-state index contributed by atoms with van der Waals surface area (Å²) >= 11 is 6.31. The minimum atomic E-state index is -0.860. The first kappa shape index (κ1) is 24.1. The predicted octanol–water partition coefficient (Wildman–Crippen LogP) is 2.13. The molecule has 1 amide bonds. The molecule has 4 rings (SSSR count). The number of rotatable bonds is 5. The molecule has 2 saturated heterocycles. The van der Waals surface area contributed by atoms with Crippen molar-refractivity contribution in [2.24, 2.45) is 10.9 Å². The molecule has 4 heterocycles. The van der Waals surface area contributed by atoms with Crippen LogP contribution in [-0.2, 0) is 4.79 Å². The molecular formula is C23H29ClN8O2. The molecule has 2 aromatic rings. The average Bonchev–Trinajstić information content (AvgIpc) is 3.41. The number of aromatic nitrogens is 3. The standard InChI is InChI=1S/C23H29ClN8O2/c1-13-10-32-19(28-22(13)30-11-15(9-25)18(33)12-30)8-16(29-32)17-6-4-5-7-31(17)23(34)21(27-3)20(24)14(2)26/h8,10,15,17-18,20,26,33H,4-7,11-12H2,1-3H3. The van der Waals surface area contributed by atoms with Gasteiger partial charge in [0.05, 0.1) is 29.8 Å². The van der Waals surface area contributed by atoms with Gasteiger partial charge in [-0.05, 0) is 33.1 Å². The Morgan fingerprint density at radius 2 is 2.18 bits per heavy atom. The number of nitriles is 1. The van der Waals surface area contributed by atoms with Crippen molar-refractivity contribution < 1.29 is 9.90 Å². The number of nitrogens with one attached hydrogen (secondary N) is 1. The summed E-state index contributed by atoms with van der Waals surface area (Å²) in [7, 11) is 1.52. The number of hydrogen-bond acceptors (Lipinski definition) is 8. The Hall–Kier alpha value is -3.03. The van der Waals surface area contributed by atoms with E-state index in [0.29, 0.717) is 25.3 Å². The molecule has 2 aliphatic heterocycles. The molecule has 2 aromatic heterocycles. The van der Waals surface area contributed by atoms with Gasteiger partial charge in [0.25, 0.3) is 5.91 Å². The molecule has 2 N–H and O–H groups in total. The topological polar surface area (TPSA) is 134 Å². The van der Waals surface area contributed by atoms with Crippen LogP contribution >= 0.6 is 11.6 Å². The maximum atomic E-state index is 13.4. The van der Waals surface area contributed by atoms with Gasteiger partial charge in [-0.15, -0.1) is 11.6 Å². The molecule has 34 heavy (non-hydrogen) atoms. The number of carbonyl (C=O) groups is 1. The summed E-state index contributed by atoms with van der Waals surface area (Å²) in [6.07, 6.45) is 3.79. The van der Waals surface area contributed by atoms with Crippen molar-refractivity contribution in [1.29, 1.82) is 10.7 Å². The first-order valence-electron chi connectivity index (χ1n) is 11.4. The Morgan fingerprint density at radius 3 is 2.82 bits per heavy atom. The number of alkyl halides is 1. The van der Waals surface area contributed by atoms with Gasteiger partial charge in [0, 0.05) is 50.2 Å². The second-order valence-electron chi connectivity index (χ2n) is 8.99. The molecule has 2 aliphatic rings. The number of likely N-dealkylation sites (tertiary alicyclic amines) is 1. The Balaban J connectivity index is 1.65. The summed E-state index contributed by atoms with van der Waals surface area (Å²) in [6, 6.07) is 3.80. The molecule has 0 bridgehead atoms. The van der Waals surface area contributed by atoms with Crippen LogP contribution in [0.4, 0.5) is 5.82 Å². The number of aliphatic hydroxyl groups is 1. The van der Waals surface area contributed by atoms with Gasteiger partial charge >= 0.3 is 0 Å². The van der Waals surface area contributed by atoms with Crippen molar-refractivity contribution >= 4 is 40.4 Å². The summed E-state index contributed by atoms with van der Waals surface area (Å²) in [4.78, 5) is 25.9. The highest BCUT2D eigenvalue weighted by molar-refractivity contribution is 6.57. The summed E-state index contributed by atoms with van der Waals surface area (Å²) in [5.74, 6) is 0.0120. The van der Waals surface area contributed by atoms with E-state index in [2.05, 4.69) is 11.1 Å². The van der Waals surface area contributed by atoms with Crippen LogP contribution in [0.2, 0.25) is 0 Å². The van der Waals surface area contributed by atoms with Crippen LogP contribution in [-0.4, -0.2) is 80.1 Å². The maximum absolute atomic E-state index is 13.4. The molecule has 2 fully saturated rings. The first-order valence-corrected chi connectivity index (χ1v) is 11.8. The van der Waals surface area contributed by atoms with Gasteiger partial charge in [0.1, 0.15) is 16.9 Å². The zero-order valence-corrected chi connectivity index (χ0v) is 20.3. The van der Waals surface area contributed by atoms with Gasteiger partial charge in [0.15, 0.2) is 5.65 Å². The highest BCUT2D eigenvalue weighted by Crippen LogP contribution is 2.32. The Bertz CT molecular complexity index is 1190. The Kier molecular flexibility index (Phi) is 6.86. The minimum absolute atomic E-state index is 0.167. The second-order valence-corrected chi connectivity index (χ2v) is 9.43. The van der Waals surface area contributed by atoms with Crippen molar-refractivity contribution in [2.45, 2.75) is 50.6 Å². The van der Waals surface area contributed by atoms with Gasteiger partial charge in [-0.1, -0.05) is 0 Å². The number of halogens is 1. The third-order valence-electron chi connectivity index (χ3n) is 6.56. The molecule has 0 spiro atoms.